The summed E-state index contributed by atoms with van der Waals surface area (Å²) >= 11 is 7.35. The molecule has 0 saturated carbocycles. The molecular formula is C10H13ClN2OS. The molecule has 1 saturated heterocycles. The molecule has 1 aliphatic heterocycles. The normalized spacial score (nSPS) is 21.7. The molecule has 1 aromatic heterocycles. The van der Waals surface area contributed by atoms with E-state index in [1.165, 1.54) is 11.3 Å². The summed E-state index contributed by atoms with van der Waals surface area (Å²) in [4.78, 5) is 14.6. The van der Waals surface area contributed by atoms with Gasteiger partial charge < -0.3 is 10.2 Å². The van der Waals surface area contributed by atoms with Gasteiger partial charge in [0.2, 0.25) is 0 Å². The van der Waals surface area contributed by atoms with Gasteiger partial charge >= 0.3 is 0 Å². The molecule has 0 aromatic carbocycles. The van der Waals surface area contributed by atoms with E-state index in [2.05, 4.69) is 12.2 Å². The predicted molar refractivity (Wildman–Crippen MR) is 62.7 cm³/mol. The smallest absolute Gasteiger partial charge is 0.265 e. The van der Waals surface area contributed by atoms with Crippen LogP contribution in [0.1, 0.15) is 16.6 Å². The third-order valence-electron chi connectivity index (χ3n) is 2.47. The molecule has 15 heavy (non-hydrogen) atoms. The van der Waals surface area contributed by atoms with E-state index < -0.39 is 0 Å². The quantitative estimate of drug-likeness (QED) is 0.818. The Hall–Kier alpha value is -0.580. The summed E-state index contributed by atoms with van der Waals surface area (Å²) < 4.78 is 0. The Morgan fingerprint density at radius 3 is 3.13 bits per heavy atom. The van der Waals surface area contributed by atoms with Crippen LogP contribution in [0.3, 0.4) is 0 Å². The average molecular weight is 245 g/mol. The molecule has 0 bridgehead atoms. The second-order valence-corrected chi connectivity index (χ2v) is 5.03. The monoisotopic (exact) mass is 244 g/mol. The summed E-state index contributed by atoms with van der Waals surface area (Å²) in [5.41, 5.74) is 0. The molecule has 1 amide bonds. The van der Waals surface area contributed by atoms with Crippen LogP contribution in [-0.4, -0.2) is 36.5 Å². The second kappa shape index (κ2) is 4.51. The maximum absolute atomic E-state index is 12.1. The van der Waals surface area contributed by atoms with Crippen molar-refractivity contribution in [2.75, 3.05) is 19.6 Å². The third-order valence-corrected chi connectivity index (χ3v) is 3.80. The van der Waals surface area contributed by atoms with Gasteiger partial charge in [-0.1, -0.05) is 11.6 Å². The number of halogens is 1. The van der Waals surface area contributed by atoms with Gasteiger partial charge in [0.1, 0.15) is 4.88 Å². The van der Waals surface area contributed by atoms with E-state index in [-0.39, 0.29) is 5.91 Å². The van der Waals surface area contributed by atoms with E-state index in [0.717, 1.165) is 19.6 Å². The van der Waals surface area contributed by atoms with Crippen molar-refractivity contribution in [1.29, 1.82) is 0 Å². The zero-order valence-electron chi connectivity index (χ0n) is 8.50. The number of carbonyl (C=O) groups excluding carboxylic acids is 1. The van der Waals surface area contributed by atoms with Crippen LogP contribution in [0.2, 0.25) is 5.02 Å². The molecule has 1 N–H and O–H groups in total. The van der Waals surface area contributed by atoms with Crippen LogP contribution in [0, 0.1) is 0 Å². The standard InChI is InChI=1S/C10H13ClN2OS/c1-7-6-13(4-3-12-7)10(14)9-8(11)2-5-15-9/h2,5,7,12H,3-4,6H2,1H3/t7-/m1/s1. The lowest BCUT2D eigenvalue weighted by molar-refractivity contribution is 0.0714. The molecule has 0 spiro atoms. The van der Waals surface area contributed by atoms with Gasteiger partial charge in [0.15, 0.2) is 0 Å². The fourth-order valence-corrected chi connectivity index (χ4v) is 2.81. The fourth-order valence-electron chi connectivity index (χ4n) is 1.71. The van der Waals surface area contributed by atoms with Gasteiger partial charge in [0.05, 0.1) is 5.02 Å². The first-order chi connectivity index (χ1) is 7.18. The summed E-state index contributed by atoms with van der Waals surface area (Å²) in [6.07, 6.45) is 0. The highest BCUT2D eigenvalue weighted by Gasteiger charge is 2.23. The van der Waals surface area contributed by atoms with Gasteiger partial charge in [-0.05, 0) is 18.4 Å². The first kappa shape index (κ1) is 10.9. The lowest BCUT2D eigenvalue weighted by Crippen LogP contribution is -2.51. The van der Waals surface area contributed by atoms with Crippen molar-refractivity contribution < 1.29 is 4.79 Å². The number of hydrogen-bond donors (Lipinski definition) is 1. The van der Waals surface area contributed by atoms with E-state index in [4.69, 9.17) is 11.6 Å². The summed E-state index contributed by atoms with van der Waals surface area (Å²) in [5.74, 6) is 0.0587. The number of carbonyl (C=O) groups is 1. The van der Waals surface area contributed by atoms with Crippen molar-refractivity contribution in [3.63, 3.8) is 0 Å². The number of nitrogens with one attached hydrogen (secondary N) is 1. The molecule has 1 fully saturated rings. The number of thiophene rings is 1. The number of rotatable bonds is 1. The maximum atomic E-state index is 12.1. The molecule has 0 radical (unpaired) electrons. The molecule has 1 aliphatic rings. The lowest BCUT2D eigenvalue weighted by atomic mass is 10.2. The van der Waals surface area contributed by atoms with Gasteiger partial charge in [-0.3, -0.25) is 4.79 Å². The molecule has 2 rings (SSSR count). The predicted octanol–water partition coefficient (Wildman–Crippen LogP) is 1.84. The minimum atomic E-state index is 0.0587. The zero-order chi connectivity index (χ0) is 10.8. The van der Waals surface area contributed by atoms with Crippen LogP contribution >= 0.6 is 22.9 Å². The number of piperazine rings is 1. The Balaban J connectivity index is 2.11. The summed E-state index contributed by atoms with van der Waals surface area (Å²) in [5, 5.41) is 5.72. The number of amides is 1. The van der Waals surface area contributed by atoms with Crippen LogP contribution < -0.4 is 5.32 Å². The van der Waals surface area contributed by atoms with Crippen LogP contribution in [0.25, 0.3) is 0 Å². The van der Waals surface area contributed by atoms with Gasteiger partial charge in [-0.2, -0.15) is 0 Å². The highest BCUT2D eigenvalue weighted by molar-refractivity contribution is 7.12. The van der Waals surface area contributed by atoms with Gasteiger partial charge in [0.25, 0.3) is 5.91 Å². The molecule has 0 unspecified atom stereocenters. The Labute approximate surface area is 98.0 Å². The second-order valence-electron chi connectivity index (χ2n) is 3.70. The van der Waals surface area contributed by atoms with E-state index in [1.807, 2.05) is 10.3 Å². The van der Waals surface area contributed by atoms with E-state index >= 15 is 0 Å². The van der Waals surface area contributed by atoms with Crippen molar-refractivity contribution >= 4 is 28.8 Å². The summed E-state index contributed by atoms with van der Waals surface area (Å²) in [6.45, 7) is 4.45. The minimum Gasteiger partial charge on any atom is -0.335 e. The van der Waals surface area contributed by atoms with Gasteiger partial charge in [-0.25, -0.2) is 0 Å². The SMILES string of the molecule is C[C@@H]1CN(C(=O)c2sccc2Cl)CCN1. The number of nitrogens with zero attached hydrogens (tertiary/aromatic N) is 1. The largest absolute Gasteiger partial charge is 0.335 e. The molecule has 82 valence electrons. The topological polar surface area (TPSA) is 32.3 Å². The molecular weight excluding hydrogens is 232 g/mol. The molecule has 1 atom stereocenters. The van der Waals surface area contributed by atoms with E-state index in [0.29, 0.717) is 15.9 Å². The van der Waals surface area contributed by atoms with Gasteiger partial charge in [0, 0.05) is 25.7 Å². The van der Waals surface area contributed by atoms with Crippen LogP contribution in [0.5, 0.6) is 0 Å². The Bertz CT molecular complexity index is 366. The van der Waals surface area contributed by atoms with Gasteiger partial charge in [-0.15, -0.1) is 11.3 Å². The van der Waals surface area contributed by atoms with Crippen LogP contribution in [0.4, 0.5) is 0 Å². The van der Waals surface area contributed by atoms with Crippen molar-refractivity contribution in [2.24, 2.45) is 0 Å². The highest BCUT2D eigenvalue weighted by Crippen LogP contribution is 2.23. The molecule has 5 heteroatoms. The molecule has 1 aromatic rings. The van der Waals surface area contributed by atoms with E-state index in [9.17, 15) is 4.79 Å². The molecule has 3 nitrogen and oxygen atoms in total. The van der Waals surface area contributed by atoms with Crippen LogP contribution in [-0.2, 0) is 0 Å². The average Bonchev–Trinajstić information content (AvgIpc) is 2.63. The first-order valence-electron chi connectivity index (χ1n) is 4.94. The molecule has 2 heterocycles. The van der Waals surface area contributed by atoms with Crippen molar-refractivity contribution in [2.45, 2.75) is 13.0 Å². The third kappa shape index (κ3) is 2.33. The fraction of sp³-hybridized carbons (Fsp3) is 0.500. The van der Waals surface area contributed by atoms with E-state index in [1.54, 1.807) is 6.07 Å². The van der Waals surface area contributed by atoms with Crippen molar-refractivity contribution in [3.8, 4) is 0 Å². The number of hydrogen-bond acceptors (Lipinski definition) is 3. The minimum absolute atomic E-state index is 0.0587. The zero-order valence-corrected chi connectivity index (χ0v) is 10.1. The Kier molecular flexibility index (Phi) is 3.29. The van der Waals surface area contributed by atoms with Crippen LogP contribution in [0.15, 0.2) is 11.4 Å². The maximum Gasteiger partial charge on any atom is 0.265 e. The summed E-state index contributed by atoms with van der Waals surface area (Å²) in [6, 6.07) is 2.13. The Morgan fingerprint density at radius 2 is 2.53 bits per heavy atom. The van der Waals surface area contributed by atoms with Crippen molar-refractivity contribution in [3.05, 3.63) is 21.3 Å². The highest BCUT2D eigenvalue weighted by atomic mass is 35.5. The first-order valence-corrected chi connectivity index (χ1v) is 6.20. The summed E-state index contributed by atoms with van der Waals surface area (Å²) in [7, 11) is 0. The van der Waals surface area contributed by atoms with Crippen molar-refractivity contribution in [1.82, 2.24) is 10.2 Å². The lowest BCUT2D eigenvalue weighted by Gasteiger charge is -2.31. The Morgan fingerprint density at radius 1 is 1.73 bits per heavy atom. The molecule has 0 aliphatic carbocycles.